The fraction of sp³-hybridized carbons (Fsp3) is 0.600. The molecule has 2 amide bonds. The smallest absolute Gasteiger partial charge is 0.245 e. The van der Waals surface area contributed by atoms with E-state index in [4.69, 9.17) is 0 Å². The predicted molar refractivity (Wildman–Crippen MR) is 78.4 cm³/mol. The van der Waals surface area contributed by atoms with E-state index in [9.17, 15) is 9.59 Å². The molecule has 0 bridgehead atoms. The van der Waals surface area contributed by atoms with Gasteiger partial charge in [-0.25, -0.2) is 0 Å². The summed E-state index contributed by atoms with van der Waals surface area (Å²) in [6, 6.07) is 3.92. The molecular weight excluding hydrogens is 272 g/mol. The second-order valence-electron chi connectivity index (χ2n) is 5.57. The maximum Gasteiger partial charge on any atom is 0.245 e. The van der Waals surface area contributed by atoms with Gasteiger partial charge in [-0.3, -0.25) is 9.59 Å². The average molecular weight is 292 g/mol. The molecule has 1 aromatic heterocycles. The van der Waals surface area contributed by atoms with Crippen molar-refractivity contribution in [1.82, 2.24) is 9.80 Å². The Morgan fingerprint density at radius 3 is 2.90 bits per heavy atom. The Labute approximate surface area is 123 Å². The van der Waals surface area contributed by atoms with Gasteiger partial charge in [-0.2, -0.15) is 0 Å². The zero-order valence-corrected chi connectivity index (χ0v) is 12.6. The van der Waals surface area contributed by atoms with E-state index < -0.39 is 0 Å². The molecule has 2 unspecified atom stereocenters. The highest BCUT2D eigenvalue weighted by atomic mass is 32.1. The second kappa shape index (κ2) is 5.56. The Kier molecular flexibility index (Phi) is 3.78. The molecule has 2 aliphatic heterocycles. The summed E-state index contributed by atoms with van der Waals surface area (Å²) in [4.78, 5) is 29.9. The first-order valence-corrected chi connectivity index (χ1v) is 8.20. The number of fused-ring (bicyclic) bond motifs is 1. The van der Waals surface area contributed by atoms with Crippen LogP contribution in [0.4, 0.5) is 0 Å². The Bertz CT molecular complexity index is 500. The fourth-order valence-corrected chi connectivity index (χ4v) is 4.01. The van der Waals surface area contributed by atoms with E-state index in [-0.39, 0.29) is 23.9 Å². The summed E-state index contributed by atoms with van der Waals surface area (Å²) in [7, 11) is 0. The van der Waals surface area contributed by atoms with Crippen LogP contribution in [0.1, 0.15) is 43.5 Å². The minimum absolute atomic E-state index is 0.0668. The van der Waals surface area contributed by atoms with E-state index in [0.717, 1.165) is 25.8 Å². The van der Waals surface area contributed by atoms with E-state index >= 15 is 0 Å². The Hall–Kier alpha value is -1.36. The third-order valence-electron chi connectivity index (χ3n) is 4.38. The molecule has 2 fully saturated rings. The lowest BCUT2D eigenvalue weighted by molar-refractivity contribution is -0.144. The van der Waals surface area contributed by atoms with Gasteiger partial charge in [0.15, 0.2) is 0 Å². The van der Waals surface area contributed by atoms with Crippen molar-refractivity contribution in [2.75, 3.05) is 13.1 Å². The number of carbonyl (C=O) groups excluding carboxylic acids is 2. The SMILES string of the molecule is CC(c1cccs1)N1CCC(=O)N2CCCCC2C1=O. The van der Waals surface area contributed by atoms with Crippen LogP contribution in [0.3, 0.4) is 0 Å². The molecule has 3 heterocycles. The molecule has 0 aliphatic carbocycles. The number of thiophene rings is 1. The predicted octanol–water partition coefficient (Wildman–Crippen LogP) is 2.42. The lowest BCUT2D eigenvalue weighted by Crippen LogP contribution is -2.50. The second-order valence-corrected chi connectivity index (χ2v) is 6.55. The van der Waals surface area contributed by atoms with Crippen molar-refractivity contribution >= 4 is 23.2 Å². The number of hydrogen-bond donors (Lipinski definition) is 0. The topological polar surface area (TPSA) is 40.6 Å². The number of hydrogen-bond acceptors (Lipinski definition) is 3. The minimum atomic E-state index is -0.221. The van der Waals surface area contributed by atoms with Crippen molar-refractivity contribution < 1.29 is 9.59 Å². The molecule has 2 atom stereocenters. The lowest BCUT2D eigenvalue weighted by atomic mass is 10.0. The number of nitrogens with zero attached hydrogens (tertiary/aromatic N) is 2. The zero-order chi connectivity index (χ0) is 14.1. The molecule has 0 radical (unpaired) electrons. The van der Waals surface area contributed by atoms with Crippen LogP contribution < -0.4 is 0 Å². The first-order valence-electron chi connectivity index (χ1n) is 7.32. The van der Waals surface area contributed by atoms with Crippen LogP contribution in [-0.4, -0.2) is 40.7 Å². The fourth-order valence-electron chi connectivity index (χ4n) is 3.22. The molecule has 108 valence electrons. The van der Waals surface area contributed by atoms with Crippen LogP contribution in [0.5, 0.6) is 0 Å². The van der Waals surface area contributed by atoms with Crippen molar-refractivity contribution in [3.63, 3.8) is 0 Å². The van der Waals surface area contributed by atoms with Crippen LogP contribution in [-0.2, 0) is 9.59 Å². The molecule has 3 rings (SSSR count). The number of piperidine rings is 1. The van der Waals surface area contributed by atoms with Crippen molar-refractivity contribution in [3.05, 3.63) is 22.4 Å². The van der Waals surface area contributed by atoms with E-state index in [1.54, 1.807) is 11.3 Å². The van der Waals surface area contributed by atoms with Gasteiger partial charge >= 0.3 is 0 Å². The van der Waals surface area contributed by atoms with Crippen LogP contribution in [0.2, 0.25) is 0 Å². The van der Waals surface area contributed by atoms with Crippen molar-refractivity contribution in [2.24, 2.45) is 0 Å². The van der Waals surface area contributed by atoms with E-state index in [1.165, 1.54) is 4.88 Å². The Morgan fingerprint density at radius 1 is 1.30 bits per heavy atom. The highest BCUT2D eigenvalue weighted by molar-refractivity contribution is 7.10. The summed E-state index contributed by atoms with van der Waals surface area (Å²) in [6.45, 7) is 3.35. The molecule has 0 saturated carbocycles. The van der Waals surface area contributed by atoms with Crippen molar-refractivity contribution in [1.29, 1.82) is 0 Å². The standard InChI is InChI=1S/C15H20N2O2S/c1-11(13-6-4-10-20-13)16-9-7-14(18)17-8-3-2-5-12(17)15(16)19/h4,6,10-12H,2-3,5,7-9H2,1H3. The summed E-state index contributed by atoms with van der Waals surface area (Å²) in [5.74, 6) is 0.278. The zero-order valence-electron chi connectivity index (χ0n) is 11.7. The molecule has 0 aromatic carbocycles. The molecule has 0 N–H and O–H groups in total. The van der Waals surface area contributed by atoms with Crippen molar-refractivity contribution in [3.8, 4) is 0 Å². The molecule has 5 heteroatoms. The first kappa shape index (κ1) is 13.6. The molecule has 20 heavy (non-hydrogen) atoms. The lowest BCUT2D eigenvalue weighted by Gasteiger charge is -2.35. The van der Waals surface area contributed by atoms with Crippen molar-refractivity contribution in [2.45, 2.75) is 44.7 Å². The van der Waals surface area contributed by atoms with Gasteiger partial charge in [0, 0.05) is 24.4 Å². The van der Waals surface area contributed by atoms with Crippen LogP contribution in [0.15, 0.2) is 17.5 Å². The largest absolute Gasteiger partial charge is 0.333 e. The van der Waals surface area contributed by atoms with Crippen LogP contribution in [0.25, 0.3) is 0 Å². The van der Waals surface area contributed by atoms with Gasteiger partial charge in [0.05, 0.1) is 6.04 Å². The number of carbonyl (C=O) groups is 2. The van der Waals surface area contributed by atoms with Gasteiger partial charge in [-0.15, -0.1) is 11.3 Å². The average Bonchev–Trinajstić information content (AvgIpc) is 2.97. The maximum atomic E-state index is 12.8. The summed E-state index contributed by atoms with van der Waals surface area (Å²) in [5.41, 5.74) is 0. The molecule has 2 aliphatic rings. The van der Waals surface area contributed by atoms with Gasteiger partial charge in [0.2, 0.25) is 11.8 Å². The van der Waals surface area contributed by atoms with Gasteiger partial charge in [0.1, 0.15) is 6.04 Å². The Balaban J connectivity index is 1.85. The van der Waals surface area contributed by atoms with Gasteiger partial charge < -0.3 is 9.80 Å². The minimum Gasteiger partial charge on any atom is -0.333 e. The number of rotatable bonds is 2. The summed E-state index contributed by atoms with van der Waals surface area (Å²) in [5, 5.41) is 2.03. The maximum absolute atomic E-state index is 12.8. The third-order valence-corrected chi connectivity index (χ3v) is 5.42. The van der Waals surface area contributed by atoms with E-state index in [2.05, 4.69) is 13.0 Å². The van der Waals surface area contributed by atoms with E-state index in [0.29, 0.717) is 13.0 Å². The quantitative estimate of drug-likeness (QED) is 0.840. The summed E-state index contributed by atoms with van der Waals surface area (Å²) < 4.78 is 0. The normalized spacial score (nSPS) is 25.4. The summed E-state index contributed by atoms with van der Waals surface area (Å²) >= 11 is 1.67. The van der Waals surface area contributed by atoms with Crippen LogP contribution >= 0.6 is 11.3 Å². The molecule has 1 aromatic rings. The third kappa shape index (κ3) is 2.35. The monoisotopic (exact) mass is 292 g/mol. The van der Waals surface area contributed by atoms with Gasteiger partial charge in [-0.05, 0) is 37.6 Å². The molecule has 0 spiro atoms. The summed E-state index contributed by atoms with van der Waals surface area (Å²) in [6.07, 6.45) is 3.34. The highest BCUT2D eigenvalue weighted by Gasteiger charge is 2.39. The highest BCUT2D eigenvalue weighted by Crippen LogP contribution is 2.30. The van der Waals surface area contributed by atoms with E-state index in [1.807, 2.05) is 21.2 Å². The Morgan fingerprint density at radius 2 is 2.15 bits per heavy atom. The number of amides is 2. The molecule has 2 saturated heterocycles. The van der Waals surface area contributed by atoms with Gasteiger partial charge in [0.25, 0.3) is 0 Å². The molecule has 4 nitrogen and oxygen atoms in total. The van der Waals surface area contributed by atoms with Crippen LogP contribution in [0, 0.1) is 0 Å². The molecular formula is C15H20N2O2S. The first-order chi connectivity index (χ1) is 9.68. The van der Waals surface area contributed by atoms with Gasteiger partial charge in [-0.1, -0.05) is 6.07 Å².